The van der Waals surface area contributed by atoms with Crippen molar-refractivity contribution in [2.75, 3.05) is 16.6 Å². The molecule has 0 unspecified atom stereocenters. The number of rotatable bonds is 6. The lowest BCUT2D eigenvalue weighted by atomic mass is 10.3. The Labute approximate surface area is 128 Å². The van der Waals surface area contributed by atoms with E-state index in [-0.39, 0.29) is 16.5 Å². The van der Waals surface area contributed by atoms with Gasteiger partial charge in [-0.1, -0.05) is 11.6 Å². The largest absolute Gasteiger partial charge is 0.462 e. The molecule has 118 valence electrons. The molecule has 0 aliphatic rings. The van der Waals surface area contributed by atoms with Gasteiger partial charge in [0.15, 0.2) is 0 Å². The van der Waals surface area contributed by atoms with Crippen LogP contribution < -0.4 is 4.31 Å². The molecule has 0 N–H and O–H groups in total. The molecule has 21 heavy (non-hydrogen) atoms. The Morgan fingerprint density at radius 3 is 2.52 bits per heavy atom. The van der Waals surface area contributed by atoms with Gasteiger partial charge in [0.2, 0.25) is 10.0 Å². The van der Waals surface area contributed by atoms with Crippen molar-refractivity contribution >= 4 is 33.3 Å². The summed E-state index contributed by atoms with van der Waals surface area (Å²) in [5, 5.41) is 0.134. The highest BCUT2D eigenvalue weighted by Crippen LogP contribution is 2.25. The van der Waals surface area contributed by atoms with Crippen molar-refractivity contribution < 1.29 is 22.3 Å². The second-order valence-electron chi connectivity index (χ2n) is 4.54. The number of benzene rings is 1. The Morgan fingerprint density at radius 1 is 1.43 bits per heavy atom. The van der Waals surface area contributed by atoms with Crippen LogP contribution in [0, 0.1) is 5.82 Å². The predicted molar refractivity (Wildman–Crippen MR) is 79.4 cm³/mol. The van der Waals surface area contributed by atoms with Gasteiger partial charge in [0.25, 0.3) is 0 Å². The van der Waals surface area contributed by atoms with Crippen LogP contribution in [-0.4, -0.2) is 32.8 Å². The maximum Gasteiger partial charge on any atom is 0.327 e. The number of ether oxygens (including phenoxy) is 1. The van der Waals surface area contributed by atoms with Crippen LogP contribution in [0.2, 0.25) is 5.02 Å². The summed E-state index contributed by atoms with van der Waals surface area (Å²) in [6.07, 6.45) is -0.390. The van der Waals surface area contributed by atoms with Crippen molar-refractivity contribution in [2.45, 2.75) is 26.9 Å². The van der Waals surface area contributed by atoms with Crippen LogP contribution in [0.5, 0.6) is 0 Å². The molecule has 0 bridgehead atoms. The van der Waals surface area contributed by atoms with Gasteiger partial charge in [0, 0.05) is 5.02 Å². The minimum absolute atomic E-state index is 0.134. The zero-order valence-corrected chi connectivity index (χ0v) is 13.5. The van der Waals surface area contributed by atoms with E-state index in [0.717, 1.165) is 6.07 Å². The average molecular weight is 338 g/mol. The van der Waals surface area contributed by atoms with Gasteiger partial charge < -0.3 is 4.74 Å². The molecule has 0 aliphatic carbocycles. The maximum absolute atomic E-state index is 13.9. The Morgan fingerprint density at radius 2 is 2.05 bits per heavy atom. The fourth-order valence-corrected chi connectivity index (χ4v) is 2.81. The second-order valence-corrected chi connectivity index (χ2v) is 7.16. The maximum atomic E-state index is 13.9. The van der Waals surface area contributed by atoms with Crippen molar-refractivity contribution in [1.29, 1.82) is 0 Å². The summed E-state index contributed by atoms with van der Waals surface area (Å²) in [5.74, 6) is -1.85. The van der Waals surface area contributed by atoms with E-state index < -0.39 is 34.5 Å². The number of esters is 1. The highest BCUT2D eigenvalue weighted by molar-refractivity contribution is 7.92. The van der Waals surface area contributed by atoms with Crippen LogP contribution in [0.15, 0.2) is 18.2 Å². The summed E-state index contributed by atoms with van der Waals surface area (Å²) in [6, 6.07) is 3.56. The molecule has 0 saturated carbocycles. The van der Waals surface area contributed by atoms with Crippen molar-refractivity contribution in [3.8, 4) is 0 Å². The minimum atomic E-state index is -3.83. The standard InChI is InChI=1S/C13H17ClFNO4S/c1-4-21(18,19)16(8-13(17)20-9(2)3)12-6-5-10(14)7-11(12)15/h5-7,9H,4,8H2,1-3H3. The third-order valence-corrected chi connectivity index (χ3v) is 4.48. The Hall–Kier alpha value is -1.34. The van der Waals surface area contributed by atoms with Crippen LogP contribution in [0.4, 0.5) is 10.1 Å². The molecule has 0 heterocycles. The quantitative estimate of drug-likeness (QED) is 0.748. The van der Waals surface area contributed by atoms with Crippen LogP contribution in [0.25, 0.3) is 0 Å². The second kappa shape index (κ2) is 7.09. The van der Waals surface area contributed by atoms with E-state index >= 15 is 0 Å². The lowest BCUT2D eigenvalue weighted by Crippen LogP contribution is -2.38. The first kappa shape index (κ1) is 17.7. The lowest BCUT2D eigenvalue weighted by molar-refractivity contribution is -0.145. The van der Waals surface area contributed by atoms with Gasteiger partial charge in [0.1, 0.15) is 12.4 Å². The highest BCUT2D eigenvalue weighted by atomic mass is 35.5. The van der Waals surface area contributed by atoms with E-state index in [4.69, 9.17) is 16.3 Å². The number of hydrogen-bond acceptors (Lipinski definition) is 4. The summed E-state index contributed by atoms with van der Waals surface area (Å²) in [5.41, 5.74) is -0.234. The number of hydrogen-bond donors (Lipinski definition) is 0. The first-order chi connectivity index (χ1) is 9.67. The average Bonchev–Trinajstić information content (AvgIpc) is 2.35. The van der Waals surface area contributed by atoms with Crippen molar-refractivity contribution in [3.63, 3.8) is 0 Å². The van der Waals surface area contributed by atoms with E-state index in [1.807, 2.05) is 0 Å². The zero-order valence-electron chi connectivity index (χ0n) is 12.0. The molecule has 1 rings (SSSR count). The molecule has 0 spiro atoms. The molecular weight excluding hydrogens is 321 g/mol. The summed E-state index contributed by atoms with van der Waals surface area (Å²) < 4.78 is 43.7. The van der Waals surface area contributed by atoms with Crippen molar-refractivity contribution in [1.82, 2.24) is 0 Å². The van der Waals surface area contributed by atoms with E-state index in [1.54, 1.807) is 13.8 Å². The molecule has 0 amide bonds. The third kappa shape index (κ3) is 4.86. The van der Waals surface area contributed by atoms with Crippen LogP contribution in [-0.2, 0) is 19.6 Å². The summed E-state index contributed by atoms with van der Waals surface area (Å²) >= 11 is 5.64. The van der Waals surface area contributed by atoms with Gasteiger partial charge >= 0.3 is 5.97 Å². The predicted octanol–water partition coefficient (Wildman–Crippen LogP) is 2.59. The Bertz CT molecular complexity index is 619. The van der Waals surface area contributed by atoms with Gasteiger partial charge in [-0.3, -0.25) is 9.10 Å². The number of anilines is 1. The summed E-state index contributed by atoms with van der Waals surface area (Å²) in [6.45, 7) is 4.09. The molecular formula is C13H17ClFNO4S. The molecule has 1 aromatic rings. The molecule has 0 atom stereocenters. The smallest absolute Gasteiger partial charge is 0.327 e. The topological polar surface area (TPSA) is 63.7 Å². The first-order valence-corrected chi connectivity index (χ1v) is 8.31. The SMILES string of the molecule is CCS(=O)(=O)N(CC(=O)OC(C)C)c1ccc(Cl)cc1F. The van der Waals surface area contributed by atoms with E-state index in [9.17, 15) is 17.6 Å². The van der Waals surface area contributed by atoms with Gasteiger partial charge in [0.05, 0.1) is 17.5 Å². The molecule has 5 nitrogen and oxygen atoms in total. The van der Waals surface area contributed by atoms with Gasteiger partial charge in [-0.05, 0) is 39.0 Å². The normalized spacial score (nSPS) is 11.5. The Kier molecular flexibility index (Phi) is 5.98. The highest BCUT2D eigenvalue weighted by Gasteiger charge is 2.27. The number of nitrogens with zero attached hydrogens (tertiary/aromatic N) is 1. The van der Waals surface area contributed by atoms with Crippen molar-refractivity contribution in [3.05, 3.63) is 29.0 Å². The molecule has 0 aliphatic heterocycles. The van der Waals surface area contributed by atoms with E-state index in [1.165, 1.54) is 19.1 Å². The zero-order chi connectivity index (χ0) is 16.2. The molecule has 1 aromatic carbocycles. The lowest BCUT2D eigenvalue weighted by Gasteiger charge is -2.23. The van der Waals surface area contributed by atoms with Crippen LogP contribution >= 0.6 is 11.6 Å². The van der Waals surface area contributed by atoms with Gasteiger partial charge in [-0.15, -0.1) is 0 Å². The monoisotopic (exact) mass is 337 g/mol. The molecule has 0 saturated heterocycles. The summed E-state index contributed by atoms with van der Waals surface area (Å²) in [4.78, 5) is 11.7. The Balaban J connectivity index is 3.18. The molecule has 8 heteroatoms. The van der Waals surface area contributed by atoms with Gasteiger partial charge in [-0.2, -0.15) is 0 Å². The third-order valence-electron chi connectivity index (χ3n) is 2.52. The summed E-state index contributed by atoms with van der Waals surface area (Å²) in [7, 11) is -3.83. The van der Waals surface area contributed by atoms with E-state index in [2.05, 4.69) is 0 Å². The number of halogens is 2. The number of carbonyl (C=O) groups is 1. The van der Waals surface area contributed by atoms with Crippen LogP contribution in [0.3, 0.4) is 0 Å². The minimum Gasteiger partial charge on any atom is -0.462 e. The number of sulfonamides is 1. The van der Waals surface area contributed by atoms with Crippen molar-refractivity contribution in [2.24, 2.45) is 0 Å². The van der Waals surface area contributed by atoms with E-state index in [0.29, 0.717) is 4.31 Å². The fourth-order valence-electron chi connectivity index (χ4n) is 1.59. The molecule has 0 radical (unpaired) electrons. The molecule has 0 aromatic heterocycles. The number of carbonyl (C=O) groups excluding carboxylic acids is 1. The van der Waals surface area contributed by atoms with Gasteiger partial charge in [-0.25, -0.2) is 12.8 Å². The molecule has 0 fully saturated rings. The van der Waals surface area contributed by atoms with Crippen LogP contribution in [0.1, 0.15) is 20.8 Å². The fraction of sp³-hybridized carbons (Fsp3) is 0.462. The first-order valence-electron chi connectivity index (χ1n) is 6.32.